The van der Waals surface area contributed by atoms with Gasteiger partial charge in [-0.2, -0.15) is 0 Å². The van der Waals surface area contributed by atoms with Crippen molar-refractivity contribution in [2.45, 2.75) is 32.9 Å². The molecule has 3 rings (SSSR count). The first-order valence-electron chi connectivity index (χ1n) is 13.2. The van der Waals surface area contributed by atoms with Crippen molar-refractivity contribution in [3.8, 4) is 5.75 Å². The Morgan fingerprint density at radius 1 is 0.929 bits per heavy atom. The van der Waals surface area contributed by atoms with Gasteiger partial charge >= 0.3 is 0 Å². The van der Waals surface area contributed by atoms with Crippen LogP contribution in [0.4, 0.5) is 5.69 Å². The number of benzene rings is 3. The number of methoxy groups -OCH3 is 1. The maximum atomic E-state index is 14.2. The van der Waals surface area contributed by atoms with Crippen LogP contribution >= 0.6 is 34.8 Å². The predicted octanol–water partition coefficient (Wildman–Crippen LogP) is 5.83. The molecular formula is C30H34Cl3N3O5S. The van der Waals surface area contributed by atoms with Gasteiger partial charge < -0.3 is 15.0 Å². The van der Waals surface area contributed by atoms with E-state index >= 15 is 0 Å². The van der Waals surface area contributed by atoms with E-state index < -0.39 is 28.5 Å². The zero-order chi connectivity index (χ0) is 31.0. The Hall–Kier alpha value is -2.98. The van der Waals surface area contributed by atoms with Crippen LogP contribution in [0.15, 0.2) is 66.7 Å². The van der Waals surface area contributed by atoms with Crippen LogP contribution in [0.2, 0.25) is 15.1 Å². The Bertz CT molecular complexity index is 1500. The Morgan fingerprint density at radius 3 is 2.21 bits per heavy atom. The molecule has 3 aromatic carbocycles. The van der Waals surface area contributed by atoms with Crippen molar-refractivity contribution >= 4 is 62.3 Å². The molecular weight excluding hydrogens is 621 g/mol. The SMILES string of the molecule is COc1ccc(Cl)cc1N(CC(=O)N(Cc1ccc(Cl)c(Cl)c1)[C@@H](Cc1ccccc1)C(=O)NCC(C)C)S(C)(=O)=O. The Morgan fingerprint density at radius 2 is 1.62 bits per heavy atom. The minimum absolute atomic E-state index is 0.0351. The Kier molecular flexibility index (Phi) is 11.9. The number of hydrogen-bond donors (Lipinski definition) is 1. The van der Waals surface area contributed by atoms with Crippen LogP contribution in [-0.4, -0.2) is 57.6 Å². The number of rotatable bonds is 13. The number of amides is 2. The number of carbonyl (C=O) groups excluding carboxylic acids is 2. The van der Waals surface area contributed by atoms with E-state index in [0.29, 0.717) is 17.1 Å². The second-order valence-corrected chi connectivity index (χ2v) is 13.4. The molecule has 42 heavy (non-hydrogen) atoms. The molecule has 0 aliphatic heterocycles. The van der Waals surface area contributed by atoms with Crippen LogP contribution in [0, 0.1) is 5.92 Å². The first-order chi connectivity index (χ1) is 19.8. The number of hydrogen-bond acceptors (Lipinski definition) is 5. The maximum absolute atomic E-state index is 14.2. The highest BCUT2D eigenvalue weighted by Gasteiger charge is 2.34. The van der Waals surface area contributed by atoms with Gasteiger partial charge in [0.2, 0.25) is 21.8 Å². The van der Waals surface area contributed by atoms with Crippen LogP contribution in [0.25, 0.3) is 0 Å². The van der Waals surface area contributed by atoms with E-state index in [2.05, 4.69) is 5.32 Å². The summed E-state index contributed by atoms with van der Waals surface area (Å²) in [7, 11) is -2.61. The van der Waals surface area contributed by atoms with E-state index in [4.69, 9.17) is 39.5 Å². The monoisotopic (exact) mass is 653 g/mol. The molecule has 226 valence electrons. The van der Waals surface area contributed by atoms with E-state index in [1.54, 1.807) is 24.3 Å². The summed E-state index contributed by atoms with van der Waals surface area (Å²) in [5, 5.41) is 3.82. The molecule has 8 nitrogen and oxygen atoms in total. The van der Waals surface area contributed by atoms with Crippen LogP contribution < -0.4 is 14.4 Å². The quantitative estimate of drug-likeness (QED) is 0.250. The van der Waals surface area contributed by atoms with Crippen molar-refractivity contribution in [1.82, 2.24) is 10.2 Å². The molecule has 3 aromatic rings. The maximum Gasteiger partial charge on any atom is 0.244 e. The standard InChI is InChI=1S/C30H34Cl3N3O5S/c1-20(2)17-34-30(38)27(15-21-8-6-5-7-9-21)35(18-22-10-12-24(32)25(33)14-22)29(37)19-36(42(4,39)40)26-16-23(31)11-13-28(26)41-3/h5-14,16,20,27H,15,17-19H2,1-4H3,(H,34,38)/t27-/m0/s1. The van der Waals surface area contributed by atoms with Crippen molar-refractivity contribution in [3.63, 3.8) is 0 Å². The summed E-state index contributed by atoms with van der Waals surface area (Å²) in [6, 6.07) is 17.7. The fourth-order valence-corrected chi connectivity index (χ4v) is 5.60. The topological polar surface area (TPSA) is 96.0 Å². The van der Waals surface area contributed by atoms with E-state index in [-0.39, 0.29) is 46.3 Å². The first-order valence-corrected chi connectivity index (χ1v) is 16.1. The lowest BCUT2D eigenvalue weighted by Crippen LogP contribution is -2.53. The van der Waals surface area contributed by atoms with Crippen LogP contribution in [0.5, 0.6) is 5.75 Å². The lowest BCUT2D eigenvalue weighted by Gasteiger charge is -2.34. The van der Waals surface area contributed by atoms with Crippen LogP contribution in [-0.2, 0) is 32.6 Å². The zero-order valence-corrected chi connectivity index (χ0v) is 26.9. The molecule has 0 bridgehead atoms. The molecule has 0 aliphatic carbocycles. The summed E-state index contributed by atoms with van der Waals surface area (Å²) in [5.74, 6) is -0.605. The number of ether oxygens (including phenoxy) is 1. The number of anilines is 1. The van der Waals surface area contributed by atoms with Crippen molar-refractivity contribution < 1.29 is 22.7 Å². The van der Waals surface area contributed by atoms with Gasteiger partial charge in [-0.05, 0) is 47.4 Å². The molecule has 0 aliphatic rings. The summed E-state index contributed by atoms with van der Waals surface area (Å²) in [5.41, 5.74) is 1.53. The van der Waals surface area contributed by atoms with Crippen molar-refractivity contribution in [2.75, 3.05) is 30.8 Å². The Balaban J connectivity index is 2.11. The largest absolute Gasteiger partial charge is 0.495 e. The average molecular weight is 655 g/mol. The first kappa shape index (κ1) is 33.5. The highest BCUT2D eigenvalue weighted by molar-refractivity contribution is 7.92. The smallest absolute Gasteiger partial charge is 0.244 e. The molecule has 0 saturated heterocycles. The highest BCUT2D eigenvalue weighted by Crippen LogP contribution is 2.33. The van der Waals surface area contributed by atoms with Gasteiger partial charge in [-0.3, -0.25) is 13.9 Å². The van der Waals surface area contributed by atoms with Crippen molar-refractivity contribution in [1.29, 1.82) is 0 Å². The van der Waals surface area contributed by atoms with Gasteiger partial charge in [-0.1, -0.05) is 85.0 Å². The molecule has 2 amide bonds. The highest BCUT2D eigenvalue weighted by atomic mass is 35.5. The number of halogens is 3. The molecule has 0 fully saturated rings. The van der Waals surface area contributed by atoms with Gasteiger partial charge in [0.05, 0.1) is 29.1 Å². The summed E-state index contributed by atoms with van der Waals surface area (Å²) >= 11 is 18.6. The number of sulfonamides is 1. The van der Waals surface area contributed by atoms with Gasteiger partial charge in [0.1, 0.15) is 18.3 Å². The fourth-order valence-electron chi connectivity index (χ4n) is 4.26. The third-order valence-electron chi connectivity index (χ3n) is 6.38. The zero-order valence-electron chi connectivity index (χ0n) is 23.8. The average Bonchev–Trinajstić information content (AvgIpc) is 2.94. The molecule has 0 saturated carbocycles. The third-order valence-corrected chi connectivity index (χ3v) is 8.48. The van der Waals surface area contributed by atoms with Gasteiger partial charge in [-0.25, -0.2) is 8.42 Å². The van der Waals surface area contributed by atoms with E-state index in [1.165, 1.54) is 24.1 Å². The fraction of sp³-hybridized carbons (Fsp3) is 0.333. The summed E-state index contributed by atoms with van der Waals surface area (Å²) in [6.45, 7) is 3.68. The molecule has 0 radical (unpaired) electrons. The number of nitrogens with one attached hydrogen (secondary N) is 1. The molecule has 1 atom stereocenters. The normalized spacial score (nSPS) is 12.1. The summed E-state index contributed by atoms with van der Waals surface area (Å²) < 4.78 is 32.4. The van der Waals surface area contributed by atoms with Gasteiger partial charge in [0.25, 0.3) is 0 Å². The molecule has 0 unspecified atom stereocenters. The van der Waals surface area contributed by atoms with E-state index in [0.717, 1.165) is 16.1 Å². The van der Waals surface area contributed by atoms with E-state index in [1.807, 2.05) is 44.2 Å². The van der Waals surface area contributed by atoms with Gasteiger partial charge in [0, 0.05) is 24.5 Å². The molecule has 0 heterocycles. The van der Waals surface area contributed by atoms with E-state index in [9.17, 15) is 18.0 Å². The number of carbonyl (C=O) groups is 2. The van der Waals surface area contributed by atoms with Gasteiger partial charge in [0.15, 0.2) is 0 Å². The lowest BCUT2D eigenvalue weighted by molar-refractivity contribution is -0.140. The second-order valence-electron chi connectivity index (χ2n) is 10.2. The molecule has 0 aromatic heterocycles. The van der Waals surface area contributed by atoms with Gasteiger partial charge in [-0.15, -0.1) is 0 Å². The lowest BCUT2D eigenvalue weighted by atomic mass is 10.0. The molecule has 1 N–H and O–H groups in total. The van der Waals surface area contributed by atoms with Crippen LogP contribution in [0.3, 0.4) is 0 Å². The second kappa shape index (κ2) is 15.0. The van der Waals surface area contributed by atoms with Crippen LogP contribution in [0.1, 0.15) is 25.0 Å². The Labute approximate surface area is 262 Å². The van der Waals surface area contributed by atoms with Crippen molar-refractivity contribution in [3.05, 3.63) is 92.9 Å². The minimum atomic E-state index is -4.00. The summed E-state index contributed by atoms with van der Waals surface area (Å²) in [4.78, 5) is 29.3. The molecule has 12 heteroatoms. The summed E-state index contributed by atoms with van der Waals surface area (Å²) in [6.07, 6.45) is 1.18. The predicted molar refractivity (Wildman–Crippen MR) is 169 cm³/mol. The third kappa shape index (κ3) is 9.26. The molecule has 0 spiro atoms. The van der Waals surface area contributed by atoms with Crippen molar-refractivity contribution in [2.24, 2.45) is 5.92 Å². The number of nitrogens with zero attached hydrogens (tertiary/aromatic N) is 2. The minimum Gasteiger partial charge on any atom is -0.495 e.